The number of benzene rings is 2. The highest BCUT2D eigenvalue weighted by molar-refractivity contribution is 6.32. The number of ether oxygens (including phenoxy) is 1. The first-order valence-corrected chi connectivity index (χ1v) is 7.70. The van der Waals surface area contributed by atoms with E-state index in [2.05, 4.69) is 10.1 Å². The molecule has 0 saturated heterocycles. The van der Waals surface area contributed by atoms with Gasteiger partial charge in [-0.25, -0.2) is 0 Å². The van der Waals surface area contributed by atoms with Crippen molar-refractivity contribution >= 4 is 11.6 Å². The molecule has 5 heteroatoms. The molecule has 0 saturated carbocycles. The van der Waals surface area contributed by atoms with Crippen molar-refractivity contribution in [3.05, 3.63) is 64.0 Å². The number of hydrogen-bond acceptors (Lipinski definition) is 4. The van der Waals surface area contributed by atoms with Crippen molar-refractivity contribution in [2.45, 2.75) is 27.4 Å². The molecule has 0 fully saturated rings. The first-order chi connectivity index (χ1) is 11.0. The molecule has 3 rings (SSSR count). The predicted molar refractivity (Wildman–Crippen MR) is 89.7 cm³/mol. The summed E-state index contributed by atoms with van der Waals surface area (Å²) in [6.45, 7) is 6.15. The largest absolute Gasteiger partial charge is 0.484 e. The van der Waals surface area contributed by atoms with Crippen LogP contribution in [0.4, 0.5) is 0 Å². The molecule has 0 aliphatic heterocycles. The number of nitrogens with zero attached hydrogens (tertiary/aromatic N) is 2. The summed E-state index contributed by atoms with van der Waals surface area (Å²) in [4.78, 5) is 4.37. The van der Waals surface area contributed by atoms with Gasteiger partial charge < -0.3 is 9.26 Å². The maximum absolute atomic E-state index is 6.15. The predicted octanol–water partition coefficient (Wildman–Crippen LogP) is 4.89. The molecule has 0 bridgehead atoms. The Balaban J connectivity index is 1.73. The first kappa shape index (κ1) is 15.6. The molecule has 23 heavy (non-hydrogen) atoms. The number of hydrogen-bond donors (Lipinski definition) is 0. The fraction of sp³-hybridized carbons (Fsp3) is 0.222. The van der Waals surface area contributed by atoms with Crippen LogP contribution in [-0.2, 0) is 6.61 Å². The molecule has 0 spiro atoms. The second-order valence-corrected chi connectivity index (χ2v) is 5.92. The molecule has 0 atom stereocenters. The lowest BCUT2D eigenvalue weighted by atomic mass is 10.1. The van der Waals surface area contributed by atoms with Crippen LogP contribution < -0.4 is 4.74 Å². The molecule has 3 aromatic rings. The average molecular weight is 329 g/mol. The van der Waals surface area contributed by atoms with Gasteiger partial charge in [-0.2, -0.15) is 4.98 Å². The van der Waals surface area contributed by atoms with E-state index in [1.807, 2.05) is 57.2 Å². The Kier molecular flexibility index (Phi) is 4.35. The van der Waals surface area contributed by atoms with Crippen molar-refractivity contribution in [2.75, 3.05) is 0 Å². The summed E-state index contributed by atoms with van der Waals surface area (Å²) >= 11 is 6.15. The molecule has 4 nitrogen and oxygen atoms in total. The van der Waals surface area contributed by atoms with E-state index in [1.54, 1.807) is 0 Å². The van der Waals surface area contributed by atoms with E-state index in [0.29, 0.717) is 11.7 Å². The minimum absolute atomic E-state index is 0.222. The standard InChI is InChI=1S/C18H17ClN2O2/c1-11-5-4-6-14(7-11)18-20-16(23-21-18)10-22-15-8-12(2)17(19)13(3)9-15/h4-9H,10H2,1-3H3. The Bertz CT molecular complexity index is 820. The fourth-order valence-corrected chi connectivity index (χ4v) is 2.46. The van der Waals surface area contributed by atoms with Crippen LogP contribution in [0.15, 0.2) is 40.9 Å². The van der Waals surface area contributed by atoms with Gasteiger partial charge in [0.15, 0.2) is 6.61 Å². The minimum Gasteiger partial charge on any atom is -0.484 e. The van der Waals surface area contributed by atoms with Crippen molar-refractivity contribution in [2.24, 2.45) is 0 Å². The van der Waals surface area contributed by atoms with Gasteiger partial charge in [-0.3, -0.25) is 0 Å². The van der Waals surface area contributed by atoms with Gasteiger partial charge in [-0.1, -0.05) is 40.5 Å². The lowest BCUT2D eigenvalue weighted by Crippen LogP contribution is -1.97. The third kappa shape index (κ3) is 3.54. The van der Waals surface area contributed by atoms with Crippen molar-refractivity contribution < 1.29 is 9.26 Å². The molecular formula is C18H17ClN2O2. The quantitative estimate of drug-likeness (QED) is 0.683. The Morgan fingerprint density at radius 2 is 1.83 bits per heavy atom. The van der Waals surface area contributed by atoms with Crippen LogP contribution in [0, 0.1) is 20.8 Å². The van der Waals surface area contributed by atoms with Crippen LogP contribution in [0.5, 0.6) is 5.75 Å². The van der Waals surface area contributed by atoms with Crippen LogP contribution in [0.1, 0.15) is 22.6 Å². The number of aryl methyl sites for hydroxylation is 3. The van der Waals surface area contributed by atoms with E-state index < -0.39 is 0 Å². The maximum Gasteiger partial charge on any atom is 0.264 e. The maximum atomic E-state index is 6.15. The van der Waals surface area contributed by atoms with Crippen molar-refractivity contribution in [1.82, 2.24) is 10.1 Å². The summed E-state index contributed by atoms with van der Waals surface area (Å²) in [6, 6.07) is 11.8. The molecule has 118 valence electrons. The highest BCUT2D eigenvalue weighted by Gasteiger charge is 2.10. The molecule has 0 aliphatic rings. The van der Waals surface area contributed by atoms with Gasteiger partial charge in [-0.05, 0) is 50.1 Å². The monoisotopic (exact) mass is 328 g/mol. The summed E-state index contributed by atoms with van der Waals surface area (Å²) in [6.07, 6.45) is 0. The third-order valence-corrected chi connectivity index (χ3v) is 4.11. The van der Waals surface area contributed by atoms with Crippen LogP contribution in [0.2, 0.25) is 5.02 Å². The summed E-state index contributed by atoms with van der Waals surface area (Å²) in [5.41, 5.74) is 4.04. The molecule has 0 radical (unpaired) electrons. The average Bonchev–Trinajstić information content (AvgIpc) is 2.99. The number of halogens is 1. The van der Waals surface area contributed by atoms with E-state index in [-0.39, 0.29) is 6.61 Å². The number of aromatic nitrogens is 2. The van der Waals surface area contributed by atoms with Crippen LogP contribution in [0.25, 0.3) is 11.4 Å². The van der Waals surface area contributed by atoms with E-state index in [1.165, 1.54) is 0 Å². The summed E-state index contributed by atoms with van der Waals surface area (Å²) in [7, 11) is 0. The molecule has 1 heterocycles. The van der Waals surface area contributed by atoms with E-state index >= 15 is 0 Å². The third-order valence-electron chi connectivity index (χ3n) is 3.52. The zero-order chi connectivity index (χ0) is 16.4. The summed E-state index contributed by atoms with van der Waals surface area (Å²) in [5.74, 6) is 1.74. The van der Waals surface area contributed by atoms with Crippen molar-refractivity contribution in [3.8, 4) is 17.1 Å². The molecular weight excluding hydrogens is 312 g/mol. The molecule has 1 aromatic heterocycles. The van der Waals surface area contributed by atoms with Crippen molar-refractivity contribution in [3.63, 3.8) is 0 Å². The highest BCUT2D eigenvalue weighted by atomic mass is 35.5. The zero-order valence-corrected chi connectivity index (χ0v) is 14.0. The van der Waals surface area contributed by atoms with E-state index in [9.17, 15) is 0 Å². The van der Waals surface area contributed by atoms with Gasteiger partial charge in [-0.15, -0.1) is 0 Å². The fourth-order valence-electron chi connectivity index (χ4n) is 2.35. The first-order valence-electron chi connectivity index (χ1n) is 7.32. The molecule has 0 amide bonds. The molecule has 0 unspecified atom stereocenters. The Labute approximate surface area is 140 Å². The van der Waals surface area contributed by atoms with Gasteiger partial charge in [0.1, 0.15) is 5.75 Å². The van der Waals surface area contributed by atoms with Crippen LogP contribution in [-0.4, -0.2) is 10.1 Å². The SMILES string of the molecule is Cc1cccc(-c2noc(COc3cc(C)c(Cl)c(C)c3)n2)c1. The molecule has 2 aromatic carbocycles. The van der Waals surface area contributed by atoms with Gasteiger partial charge in [0, 0.05) is 10.6 Å². The lowest BCUT2D eigenvalue weighted by Gasteiger charge is -2.08. The van der Waals surface area contributed by atoms with Gasteiger partial charge in [0.05, 0.1) is 0 Å². The smallest absolute Gasteiger partial charge is 0.264 e. The lowest BCUT2D eigenvalue weighted by molar-refractivity contribution is 0.242. The minimum atomic E-state index is 0.222. The Morgan fingerprint density at radius 3 is 2.52 bits per heavy atom. The highest BCUT2D eigenvalue weighted by Crippen LogP contribution is 2.26. The van der Waals surface area contributed by atoms with Crippen LogP contribution >= 0.6 is 11.6 Å². The van der Waals surface area contributed by atoms with E-state index in [0.717, 1.165) is 33.0 Å². The zero-order valence-electron chi connectivity index (χ0n) is 13.3. The van der Waals surface area contributed by atoms with Gasteiger partial charge >= 0.3 is 0 Å². The normalized spacial score (nSPS) is 10.8. The van der Waals surface area contributed by atoms with Crippen LogP contribution in [0.3, 0.4) is 0 Å². The second kappa shape index (κ2) is 6.42. The van der Waals surface area contributed by atoms with E-state index in [4.69, 9.17) is 20.9 Å². The second-order valence-electron chi connectivity index (χ2n) is 5.54. The summed E-state index contributed by atoms with van der Waals surface area (Å²) in [5, 5.41) is 4.76. The number of rotatable bonds is 4. The van der Waals surface area contributed by atoms with Crippen molar-refractivity contribution in [1.29, 1.82) is 0 Å². The van der Waals surface area contributed by atoms with Gasteiger partial charge in [0.25, 0.3) is 5.89 Å². The summed E-state index contributed by atoms with van der Waals surface area (Å²) < 4.78 is 11.0. The molecule has 0 N–H and O–H groups in total. The Morgan fingerprint density at radius 1 is 1.09 bits per heavy atom. The van der Waals surface area contributed by atoms with Gasteiger partial charge in [0.2, 0.25) is 5.82 Å². The topological polar surface area (TPSA) is 48.2 Å². The Hall–Kier alpha value is -2.33. The molecule has 0 aliphatic carbocycles.